The van der Waals surface area contributed by atoms with E-state index in [-0.39, 0.29) is 5.95 Å². The maximum Gasteiger partial charge on any atom is 0.224 e. The van der Waals surface area contributed by atoms with E-state index in [4.69, 9.17) is 10.5 Å². The molecule has 0 spiro atoms. The van der Waals surface area contributed by atoms with Gasteiger partial charge in [-0.25, -0.2) is 4.98 Å². The Balaban J connectivity index is 2.56. The largest absolute Gasteiger partial charge is 0.481 e. The third-order valence-electron chi connectivity index (χ3n) is 1.85. The van der Waals surface area contributed by atoms with E-state index in [1.165, 1.54) is 0 Å². The smallest absolute Gasteiger partial charge is 0.224 e. The average Bonchev–Trinajstić information content (AvgIpc) is 2.16. The Hall–Kier alpha value is -0.970. The van der Waals surface area contributed by atoms with Crippen LogP contribution in [0.15, 0.2) is 11.1 Å². The van der Waals surface area contributed by atoms with Gasteiger partial charge in [-0.1, -0.05) is 13.8 Å². The van der Waals surface area contributed by atoms with E-state index < -0.39 is 0 Å². The quantitative estimate of drug-likeness (QED) is 0.617. The lowest BCUT2D eigenvalue weighted by molar-refractivity contribution is 0.396. The van der Waals surface area contributed by atoms with Crippen LogP contribution < -0.4 is 10.5 Å². The Morgan fingerprint density at radius 1 is 1.47 bits per heavy atom. The van der Waals surface area contributed by atoms with Crippen LogP contribution in [-0.2, 0) is 0 Å². The van der Waals surface area contributed by atoms with Gasteiger partial charge in [0.1, 0.15) is 5.03 Å². The Morgan fingerprint density at radius 2 is 2.20 bits per heavy atom. The topological polar surface area (TPSA) is 61.0 Å². The van der Waals surface area contributed by atoms with E-state index in [0.717, 1.165) is 17.2 Å². The second-order valence-corrected chi connectivity index (χ2v) is 4.75. The van der Waals surface area contributed by atoms with Crippen LogP contribution in [-0.4, -0.2) is 22.8 Å². The molecule has 0 aromatic carbocycles. The van der Waals surface area contributed by atoms with Gasteiger partial charge in [0, 0.05) is 6.07 Å². The number of anilines is 1. The van der Waals surface area contributed by atoms with Gasteiger partial charge in [-0.15, -0.1) is 11.8 Å². The van der Waals surface area contributed by atoms with Crippen molar-refractivity contribution in [1.82, 2.24) is 9.97 Å². The average molecular weight is 227 g/mol. The summed E-state index contributed by atoms with van der Waals surface area (Å²) in [5, 5.41) is 0.875. The third kappa shape index (κ3) is 4.38. The molecule has 0 saturated heterocycles. The molecular formula is C10H17N3OS. The summed E-state index contributed by atoms with van der Waals surface area (Å²) in [6.07, 6.45) is 1.16. The third-order valence-corrected chi connectivity index (χ3v) is 2.80. The molecule has 0 aliphatic carbocycles. The molecule has 0 radical (unpaired) electrons. The summed E-state index contributed by atoms with van der Waals surface area (Å²) >= 11 is 1.68. The fourth-order valence-corrected chi connectivity index (χ4v) is 2.14. The fourth-order valence-electron chi connectivity index (χ4n) is 0.999. The molecule has 0 aliphatic rings. The number of rotatable bonds is 5. The Labute approximate surface area is 94.6 Å². The SMILES string of the molecule is COc1cc(SCCC(C)C)nc(N)n1. The highest BCUT2D eigenvalue weighted by molar-refractivity contribution is 7.99. The highest BCUT2D eigenvalue weighted by Gasteiger charge is 2.03. The van der Waals surface area contributed by atoms with Crippen molar-refractivity contribution < 1.29 is 4.74 Å². The monoisotopic (exact) mass is 227 g/mol. The van der Waals surface area contributed by atoms with Crippen molar-refractivity contribution >= 4 is 17.7 Å². The summed E-state index contributed by atoms with van der Waals surface area (Å²) in [4.78, 5) is 8.05. The number of hydrogen-bond acceptors (Lipinski definition) is 5. The van der Waals surface area contributed by atoms with E-state index in [0.29, 0.717) is 11.8 Å². The summed E-state index contributed by atoms with van der Waals surface area (Å²) in [5.41, 5.74) is 5.55. The minimum absolute atomic E-state index is 0.265. The first kappa shape index (κ1) is 12.1. The number of aromatic nitrogens is 2. The summed E-state index contributed by atoms with van der Waals surface area (Å²) in [5.74, 6) is 2.53. The van der Waals surface area contributed by atoms with Gasteiger partial charge in [-0.3, -0.25) is 0 Å². The molecule has 1 rings (SSSR count). The zero-order valence-corrected chi connectivity index (χ0v) is 10.2. The van der Waals surface area contributed by atoms with Crippen molar-refractivity contribution in [3.8, 4) is 5.88 Å². The van der Waals surface area contributed by atoms with Crippen molar-refractivity contribution in [3.63, 3.8) is 0 Å². The Bertz CT molecular complexity index is 318. The summed E-state index contributed by atoms with van der Waals surface area (Å²) in [6, 6.07) is 1.81. The first-order chi connectivity index (χ1) is 7.11. The predicted octanol–water partition coefficient (Wildman–Crippen LogP) is 2.21. The van der Waals surface area contributed by atoms with Gasteiger partial charge >= 0.3 is 0 Å². The molecule has 5 heteroatoms. The van der Waals surface area contributed by atoms with Crippen LogP contribution in [0.25, 0.3) is 0 Å². The van der Waals surface area contributed by atoms with Crippen molar-refractivity contribution in [2.45, 2.75) is 25.3 Å². The zero-order valence-electron chi connectivity index (χ0n) is 9.36. The summed E-state index contributed by atoms with van der Waals surface area (Å²) in [6.45, 7) is 4.41. The molecule has 1 aromatic heterocycles. The fraction of sp³-hybridized carbons (Fsp3) is 0.600. The van der Waals surface area contributed by atoms with E-state index in [2.05, 4.69) is 23.8 Å². The van der Waals surface area contributed by atoms with Gasteiger partial charge in [0.25, 0.3) is 0 Å². The van der Waals surface area contributed by atoms with E-state index in [1.807, 2.05) is 0 Å². The van der Waals surface area contributed by atoms with Crippen LogP contribution in [0.2, 0.25) is 0 Å². The van der Waals surface area contributed by atoms with E-state index in [1.54, 1.807) is 24.9 Å². The lowest BCUT2D eigenvalue weighted by atomic mass is 10.2. The minimum Gasteiger partial charge on any atom is -0.481 e. The van der Waals surface area contributed by atoms with E-state index >= 15 is 0 Å². The number of nitrogen functional groups attached to an aromatic ring is 1. The summed E-state index contributed by atoms with van der Waals surface area (Å²) in [7, 11) is 1.57. The van der Waals surface area contributed by atoms with Crippen molar-refractivity contribution in [2.24, 2.45) is 5.92 Å². The molecule has 0 atom stereocenters. The first-order valence-electron chi connectivity index (χ1n) is 4.93. The molecule has 2 N–H and O–H groups in total. The molecule has 1 heterocycles. The summed E-state index contributed by atoms with van der Waals surface area (Å²) < 4.78 is 5.02. The predicted molar refractivity (Wildman–Crippen MR) is 63.2 cm³/mol. The maximum atomic E-state index is 5.55. The number of hydrogen-bond donors (Lipinski definition) is 1. The molecule has 0 unspecified atom stereocenters. The first-order valence-corrected chi connectivity index (χ1v) is 5.91. The van der Waals surface area contributed by atoms with Gasteiger partial charge in [0.2, 0.25) is 11.8 Å². The van der Waals surface area contributed by atoms with Crippen LogP contribution in [0.3, 0.4) is 0 Å². The van der Waals surface area contributed by atoms with Gasteiger partial charge in [-0.05, 0) is 18.1 Å². The molecule has 15 heavy (non-hydrogen) atoms. The van der Waals surface area contributed by atoms with Crippen LogP contribution in [0, 0.1) is 5.92 Å². The zero-order chi connectivity index (χ0) is 11.3. The molecular weight excluding hydrogens is 210 g/mol. The lowest BCUT2D eigenvalue weighted by Gasteiger charge is -2.05. The van der Waals surface area contributed by atoms with E-state index in [9.17, 15) is 0 Å². The molecule has 0 saturated carbocycles. The number of nitrogens with two attached hydrogens (primary N) is 1. The molecule has 0 bridgehead atoms. The maximum absolute atomic E-state index is 5.55. The highest BCUT2D eigenvalue weighted by Crippen LogP contribution is 2.22. The Kier molecular flexibility index (Phi) is 4.68. The minimum atomic E-state index is 0.265. The van der Waals surface area contributed by atoms with Crippen LogP contribution >= 0.6 is 11.8 Å². The van der Waals surface area contributed by atoms with Crippen molar-refractivity contribution in [3.05, 3.63) is 6.07 Å². The Morgan fingerprint density at radius 3 is 2.80 bits per heavy atom. The molecule has 1 aromatic rings. The standard InChI is InChI=1S/C10H17N3OS/c1-7(2)4-5-15-9-6-8(14-3)12-10(11)13-9/h6-7H,4-5H2,1-3H3,(H2,11,12,13). The second-order valence-electron chi connectivity index (χ2n) is 3.64. The number of ether oxygens (including phenoxy) is 1. The van der Waals surface area contributed by atoms with Gasteiger partial charge in [0.15, 0.2) is 0 Å². The number of thioether (sulfide) groups is 1. The number of methoxy groups -OCH3 is 1. The van der Waals surface area contributed by atoms with Gasteiger partial charge in [-0.2, -0.15) is 4.98 Å². The van der Waals surface area contributed by atoms with Crippen molar-refractivity contribution in [1.29, 1.82) is 0 Å². The molecule has 84 valence electrons. The highest BCUT2D eigenvalue weighted by atomic mass is 32.2. The van der Waals surface area contributed by atoms with Crippen molar-refractivity contribution in [2.75, 3.05) is 18.6 Å². The van der Waals surface area contributed by atoms with Gasteiger partial charge < -0.3 is 10.5 Å². The van der Waals surface area contributed by atoms with Gasteiger partial charge in [0.05, 0.1) is 7.11 Å². The molecule has 0 aliphatic heterocycles. The number of nitrogens with zero attached hydrogens (tertiary/aromatic N) is 2. The normalized spacial score (nSPS) is 10.7. The second kappa shape index (κ2) is 5.80. The lowest BCUT2D eigenvalue weighted by Crippen LogP contribution is -1.99. The van der Waals surface area contributed by atoms with Crippen LogP contribution in [0.1, 0.15) is 20.3 Å². The molecule has 4 nitrogen and oxygen atoms in total. The molecule has 0 fully saturated rings. The van der Waals surface area contributed by atoms with Crippen LogP contribution in [0.4, 0.5) is 5.95 Å². The van der Waals surface area contributed by atoms with Crippen LogP contribution in [0.5, 0.6) is 5.88 Å². The molecule has 0 amide bonds.